The van der Waals surface area contributed by atoms with E-state index in [2.05, 4.69) is 15.3 Å². The van der Waals surface area contributed by atoms with Gasteiger partial charge in [0.1, 0.15) is 11.4 Å². The van der Waals surface area contributed by atoms with Gasteiger partial charge in [-0.15, -0.1) is 0 Å². The molecule has 2 aromatic rings. The minimum atomic E-state index is -0.240. The molecule has 0 unspecified atom stereocenters. The maximum Gasteiger partial charge on any atom is 0.261 e. The number of nitrogens with zero attached hydrogens (tertiary/aromatic N) is 3. The number of rotatable bonds is 3. The predicted molar refractivity (Wildman–Crippen MR) is 88.1 cm³/mol. The topological polar surface area (TPSA) is 76.2 Å². The summed E-state index contributed by atoms with van der Waals surface area (Å²) in [5.41, 5.74) is 8.17. The number of carbonyl (C=O) groups is 1. The molecule has 116 valence electrons. The van der Waals surface area contributed by atoms with Gasteiger partial charge in [-0.3, -0.25) is 9.48 Å². The van der Waals surface area contributed by atoms with Gasteiger partial charge in [0.2, 0.25) is 0 Å². The van der Waals surface area contributed by atoms with Crippen molar-refractivity contribution in [1.29, 1.82) is 0 Å². The molecule has 1 aromatic heterocycles. The van der Waals surface area contributed by atoms with E-state index in [1.54, 1.807) is 7.05 Å². The Kier molecular flexibility index (Phi) is 4.00. The number of piperidine rings is 1. The smallest absolute Gasteiger partial charge is 0.261 e. The zero-order chi connectivity index (χ0) is 15.5. The van der Waals surface area contributed by atoms with E-state index in [-0.39, 0.29) is 5.91 Å². The van der Waals surface area contributed by atoms with E-state index in [1.807, 2.05) is 24.3 Å². The van der Waals surface area contributed by atoms with Crippen molar-refractivity contribution >= 4 is 23.1 Å². The molecule has 3 rings (SSSR count). The third-order valence-corrected chi connectivity index (χ3v) is 4.08. The van der Waals surface area contributed by atoms with Crippen LogP contribution < -0.4 is 16.0 Å². The lowest BCUT2D eigenvalue weighted by Crippen LogP contribution is -2.29. The second kappa shape index (κ2) is 6.09. The molecular formula is C16H21N5O. The minimum absolute atomic E-state index is 0.240. The number of nitrogen functional groups attached to an aromatic ring is 1. The lowest BCUT2D eigenvalue weighted by atomic mass is 10.1. The number of aryl methyl sites for hydroxylation is 1. The van der Waals surface area contributed by atoms with Crippen LogP contribution in [0, 0.1) is 0 Å². The van der Waals surface area contributed by atoms with Crippen LogP contribution in [0.2, 0.25) is 0 Å². The van der Waals surface area contributed by atoms with Crippen LogP contribution in [0.1, 0.15) is 29.6 Å². The third kappa shape index (κ3) is 2.90. The SMILES string of the molecule is Cn1ncc(C(=O)Nc2ccc(N3CCCCC3)cc2)c1N. The monoisotopic (exact) mass is 299 g/mol. The molecule has 3 N–H and O–H groups in total. The lowest BCUT2D eigenvalue weighted by Gasteiger charge is -2.28. The molecule has 1 fully saturated rings. The maximum atomic E-state index is 12.2. The number of nitrogens with one attached hydrogen (secondary N) is 1. The fraction of sp³-hybridized carbons (Fsp3) is 0.375. The summed E-state index contributed by atoms with van der Waals surface area (Å²) in [6.07, 6.45) is 5.29. The molecule has 2 heterocycles. The van der Waals surface area contributed by atoms with E-state index in [1.165, 1.54) is 35.8 Å². The Morgan fingerprint density at radius 3 is 2.45 bits per heavy atom. The van der Waals surface area contributed by atoms with Gasteiger partial charge in [-0.2, -0.15) is 5.10 Å². The summed E-state index contributed by atoms with van der Waals surface area (Å²) in [7, 11) is 1.71. The maximum absolute atomic E-state index is 12.2. The van der Waals surface area contributed by atoms with Crippen molar-refractivity contribution in [2.75, 3.05) is 29.0 Å². The average molecular weight is 299 g/mol. The van der Waals surface area contributed by atoms with Crippen molar-refractivity contribution in [2.45, 2.75) is 19.3 Å². The lowest BCUT2D eigenvalue weighted by molar-refractivity contribution is 0.102. The van der Waals surface area contributed by atoms with Gasteiger partial charge in [0.15, 0.2) is 0 Å². The van der Waals surface area contributed by atoms with Gasteiger partial charge in [-0.1, -0.05) is 0 Å². The van der Waals surface area contributed by atoms with Crippen LogP contribution >= 0.6 is 0 Å². The van der Waals surface area contributed by atoms with Gasteiger partial charge in [0.05, 0.1) is 6.20 Å². The Labute approximate surface area is 129 Å². The van der Waals surface area contributed by atoms with Gasteiger partial charge >= 0.3 is 0 Å². The van der Waals surface area contributed by atoms with Crippen LogP contribution in [-0.4, -0.2) is 28.8 Å². The fourth-order valence-corrected chi connectivity index (χ4v) is 2.73. The van der Waals surface area contributed by atoms with Crippen molar-refractivity contribution < 1.29 is 4.79 Å². The van der Waals surface area contributed by atoms with Crippen molar-refractivity contribution in [3.05, 3.63) is 36.0 Å². The highest BCUT2D eigenvalue weighted by atomic mass is 16.1. The molecule has 22 heavy (non-hydrogen) atoms. The molecule has 0 aliphatic carbocycles. The van der Waals surface area contributed by atoms with Crippen LogP contribution in [0.3, 0.4) is 0 Å². The molecule has 0 bridgehead atoms. The van der Waals surface area contributed by atoms with Gasteiger partial charge in [-0.05, 0) is 43.5 Å². The number of anilines is 3. The molecule has 1 amide bonds. The van der Waals surface area contributed by atoms with Crippen LogP contribution in [0.15, 0.2) is 30.5 Å². The van der Waals surface area contributed by atoms with Crippen molar-refractivity contribution in [1.82, 2.24) is 9.78 Å². The second-order valence-corrected chi connectivity index (χ2v) is 5.62. The highest BCUT2D eigenvalue weighted by Gasteiger charge is 2.14. The standard InChI is InChI=1S/C16H21N5O/c1-20-15(17)14(11-18-20)16(22)19-12-5-7-13(8-6-12)21-9-3-2-4-10-21/h5-8,11H,2-4,9-10,17H2,1H3,(H,19,22). The second-order valence-electron chi connectivity index (χ2n) is 5.62. The highest BCUT2D eigenvalue weighted by Crippen LogP contribution is 2.22. The predicted octanol–water partition coefficient (Wildman–Crippen LogP) is 2.24. The number of benzene rings is 1. The largest absolute Gasteiger partial charge is 0.383 e. The molecular weight excluding hydrogens is 278 g/mol. The van der Waals surface area contributed by atoms with Crippen LogP contribution in [0.4, 0.5) is 17.2 Å². The Morgan fingerprint density at radius 2 is 1.86 bits per heavy atom. The molecule has 6 nitrogen and oxygen atoms in total. The van der Waals surface area contributed by atoms with Crippen molar-refractivity contribution in [2.24, 2.45) is 7.05 Å². The fourth-order valence-electron chi connectivity index (χ4n) is 2.73. The van der Waals surface area contributed by atoms with E-state index < -0.39 is 0 Å². The Bertz CT molecular complexity index is 656. The first-order chi connectivity index (χ1) is 10.6. The van der Waals surface area contributed by atoms with E-state index in [0.29, 0.717) is 11.4 Å². The highest BCUT2D eigenvalue weighted by molar-refractivity contribution is 6.07. The molecule has 0 atom stereocenters. The van der Waals surface area contributed by atoms with Gasteiger partial charge in [0.25, 0.3) is 5.91 Å². The number of nitrogens with two attached hydrogens (primary N) is 1. The van der Waals surface area contributed by atoms with Crippen LogP contribution in [-0.2, 0) is 7.05 Å². The number of carbonyl (C=O) groups excluding carboxylic acids is 1. The summed E-state index contributed by atoms with van der Waals surface area (Å²) < 4.78 is 1.48. The molecule has 1 aromatic carbocycles. The van der Waals surface area contributed by atoms with E-state index >= 15 is 0 Å². The summed E-state index contributed by atoms with van der Waals surface area (Å²) in [6.45, 7) is 2.22. The van der Waals surface area contributed by atoms with Crippen LogP contribution in [0.25, 0.3) is 0 Å². The molecule has 6 heteroatoms. The van der Waals surface area contributed by atoms with Crippen molar-refractivity contribution in [3.63, 3.8) is 0 Å². The third-order valence-electron chi connectivity index (χ3n) is 4.08. The molecule has 1 saturated heterocycles. The van der Waals surface area contributed by atoms with Crippen LogP contribution in [0.5, 0.6) is 0 Å². The normalized spacial score (nSPS) is 14.9. The number of hydrogen-bond donors (Lipinski definition) is 2. The molecule has 0 spiro atoms. The Balaban J connectivity index is 1.68. The minimum Gasteiger partial charge on any atom is -0.383 e. The Hall–Kier alpha value is -2.50. The number of hydrogen-bond acceptors (Lipinski definition) is 4. The Morgan fingerprint density at radius 1 is 1.18 bits per heavy atom. The quantitative estimate of drug-likeness (QED) is 0.911. The summed E-state index contributed by atoms with van der Waals surface area (Å²) in [5, 5.41) is 6.83. The molecule has 1 aliphatic rings. The van der Waals surface area contributed by atoms with E-state index in [4.69, 9.17) is 5.73 Å². The summed E-state index contributed by atoms with van der Waals surface area (Å²) in [4.78, 5) is 14.6. The molecule has 0 saturated carbocycles. The van der Waals surface area contributed by atoms with Crippen molar-refractivity contribution in [3.8, 4) is 0 Å². The molecule has 1 aliphatic heterocycles. The van der Waals surface area contributed by atoms with Gasteiger partial charge in [0, 0.05) is 31.5 Å². The van der Waals surface area contributed by atoms with Gasteiger partial charge < -0.3 is 16.0 Å². The zero-order valence-electron chi connectivity index (χ0n) is 12.7. The first-order valence-electron chi connectivity index (χ1n) is 7.59. The molecule has 0 radical (unpaired) electrons. The van der Waals surface area contributed by atoms with E-state index in [0.717, 1.165) is 18.8 Å². The zero-order valence-corrected chi connectivity index (χ0v) is 12.7. The summed E-state index contributed by atoms with van der Waals surface area (Å²) >= 11 is 0. The average Bonchev–Trinajstić information content (AvgIpc) is 2.88. The van der Waals surface area contributed by atoms with Gasteiger partial charge in [-0.25, -0.2) is 0 Å². The first-order valence-corrected chi connectivity index (χ1v) is 7.59. The number of aromatic nitrogens is 2. The summed E-state index contributed by atoms with van der Waals surface area (Å²) in [6, 6.07) is 7.95. The summed E-state index contributed by atoms with van der Waals surface area (Å²) in [5.74, 6) is 0.124. The van der Waals surface area contributed by atoms with E-state index in [9.17, 15) is 4.79 Å². The number of amides is 1. The first kappa shape index (κ1) is 14.4.